The summed E-state index contributed by atoms with van der Waals surface area (Å²) in [6.07, 6.45) is 3.23. The fourth-order valence-electron chi connectivity index (χ4n) is 3.15. The number of halogens is 2. The molecule has 1 saturated heterocycles. The zero-order valence-corrected chi connectivity index (χ0v) is 13.7. The standard InChI is InChI=1S/C17H20F2N4O/c1-11(2)9-22-10-20-21-16(22)15-4-3-7-23(15)17(24)13-6-5-12(18)8-14(13)19/h5-6,8,10-11,15H,3-4,7,9H2,1-2H3/t15-/m1/s1. The summed E-state index contributed by atoms with van der Waals surface area (Å²) < 4.78 is 29.0. The molecular formula is C17H20F2N4O. The van der Waals surface area contributed by atoms with E-state index in [4.69, 9.17) is 0 Å². The normalized spacial score (nSPS) is 17.7. The largest absolute Gasteiger partial charge is 0.328 e. The highest BCUT2D eigenvalue weighted by atomic mass is 19.1. The molecule has 0 bridgehead atoms. The van der Waals surface area contributed by atoms with Gasteiger partial charge in [-0.1, -0.05) is 13.8 Å². The minimum absolute atomic E-state index is 0.113. The number of likely N-dealkylation sites (tertiary alicyclic amines) is 1. The molecule has 7 heteroatoms. The lowest BCUT2D eigenvalue weighted by molar-refractivity contribution is 0.0722. The van der Waals surface area contributed by atoms with Crippen LogP contribution < -0.4 is 0 Å². The van der Waals surface area contributed by atoms with E-state index < -0.39 is 17.5 Å². The van der Waals surface area contributed by atoms with Crippen molar-refractivity contribution in [2.75, 3.05) is 6.54 Å². The second-order valence-corrected chi connectivity index (χ2v) is 6.52. The number of carbonyl (C=O) groups is 1. The van der Waals surface area contributed by atoms with E-state index in [0.29, 0.717) is 12.5 Å². The van der Waals surface area contributed by atoms with Gasteiger partial charge in [-0.05, 0) is 30.9 Å². The molecule has 2 heterocycles. The van der Waals surface area contributed by atoms with Crippen LogP contribution in [0.25, 0.3) is 0 Å². The molecule has 1 atom stereocenters. The summed E-state index contributed by atoms with van der Waals surface area (Å²) in [5.41, 5.74) is -0.113. The summed E-state index contributed by atoms with van der Waals surface area (Å²) in [5.74, 6) is -0.834. The van der Waals surface area contributed by atoms with Gasteiger partial charge in [0, 0.05) is 19.2 Å². The first kappa shape index (κ1) is 16.5. The average Bonchev–Trinajstić information content (AvgIpc) is 3.14. The van der Waals surface area contributed by atoms with E-state index in [9.17, 15) is 13.6 Å². The van der Waals surface area contributed by atoms with Gasteiger partial charge in [0.05, 0.1) is 11.6 Å². The predicted molar refractivity (Wildman–Crippen MR) is 84.2 cm³/mol. The van der Waals surface area contributed by atoms with Gasteiger partial charge < -0.3 is 9.47 Å². The molecule has 1 aromatic heterocycles. The van der Waals surface area contributed by atoms with Crippen LogP contribution in [0.15, 0.2) is 24.5 Å². The lowest BCUT2D eigenvalue weighted by atomic mass is 10.1. The Balaban J connectivity index is 1.88. The third kappa shape index (κ3) is 3.16. The third-order valence-corrected chi connectivity index (χ3v) is 4.18. The van der Waals surface area contributed by atoms with Crippen molar-refractivity contribution >= 4 is 5.91 Å². The molecule has 2 aromatic rings. The monoisotopic (exact) mass is 334 g/mol. The summed E-state index contributed by atoms with van der Waals surface area (Å²) in [6, 6.07) is 2.80. The van der Waals surface area contributed by atoms with Gasteiger partial charge in [0.15, 0.2) is 5.82 Å². The van der Waals surface area contributed by atoms with Crippen molar-refractivity contribution in [3.8, 4) is 0 Å². The smallest absolute Gasteiger partial charge is 0.257 e. The van der Waals surface area contributed by atoms with Gasteiger partial charge in [-0.2, -0.15) is 0 Å². The number of nitrogens with zero attached hydrogens (tertiary/aromatic N) is 4. The van der Waals surface area contributed by atoms with E-state index in [1.54, 1.807) is 11.2 Å². The van der Waals surface area contributed by atoms with Crippen LogP contribution in [0.4, 0.5) is 8.78 Å². The number of rotatable bonds is 4. The summed E-state index contributed by atoms with van der Waals surface area (Å²) in [6.45, 7) is 5.46. The molecule has 0 aliphatic carbocycles. The van der Waals surface area contributed by atoms with Crippen LogP contribution in [0.1, 0.15) is 48.9 Å². The molecular weight excluding hydrogens is 314 g/mol. The lowest BCUT2D eigenvalue weighted by Crippen LogP contribution is -2.32. The van der Waals surface area contributed by atoms with Gasteiger partial charge in [0.2, 0.25) is 0 Å². The van der Waals surface area contributed by atoms with Crippen molar-refractivity contribution in [2.45, 2.75) is 39.3 Å². The first-order valence-electron chi connectivity index (χ1n) is 8.11. The van der Waals surface area contributed by atoms with E-state index in [1.165, 1.54) is 6.07 Å². The van der Waals surface area contributed by atoms with Crippen molar-refractivity contribution in [1.29, 1.82) is 0 Å². The number of hydrogen-bond acceptors (Lipinski definition) is 3. The molecule has 1 fully saturated rings. The first-order chi connectivity index (χ1) is 11.5. The van der Waals surface area contributed by atoms with Gasteiger partial charge in [0.1, 0.15) is 18.0 Å². The minimum atomic E-state index is -0.839. The van der Waals surface area contributed by atoms with Crippen LogP contribution in [-0.4, -0.2) is 32.1 Å². The predicted octanol–water partition coefficient (Wildman–Crippen LogP) is 3.19. The van der Waals surface area contributed by atoms with E-state index in [-0.39, 0.29) is 11.6 Å². The molecule has 128 valence electrons. The van der Waals surface area contributed by atoms with E-state index >= 15 is 0 Å². The highest BCUT2D eigenvalue weighted by Gasteiger charge is 2.34. The summed E-state index contributed by atoms with van der Waals surface area (Å²) >= 11 is 0. The maximum atomic E-state index is 14.0. The molecule has 1 amide bonds. The van der Waals surface area contributed by atoms with Crippen molar-refractivity contribution in [3.05, 3.63) is 47.5 Å². The van der Waals surface area contributed by atoms with Crippen LogP contribution >= 0.6 is 0 Å². The number of carbonyl (C=O) groups excluding carboxylic acids is 1. The Hall–Kier alpha value is -2.31. The van der Waals surface area contributed by atoms with Gasteiger partial charge in [-0.3, -0.25) is 4.79 Å². The summed E-state index contributed by atoms with van der Waals surface area (Å²) in [4.78, 5) is 14.3. The van der Waals surface area contributed by atoms with Gasteiger partial charge in [0.25, 0.3) is 5.91 Å². The molecule has 0 spiro atoms. The SMILES string of the molecule is CC(C)Cn1cnnc1[C@H]1CCCN1C(=O)c1ccc(F)cc1F. The highest BCUT2D eigenvalue weighted by molar-refractivity contribution is 5.94. The van der Waals surface area contributed by atoms with Crippen LogP contribution in [0.5, 0.6) is 0 Å². The molecule has 1 aliphatic heterocycles. The molecule has 5 nitrogen and oxygen atoms in total. The maximum absolute atomic E-state index is 14.0. The Morgan fingerprint density at radius 2 is 2.17 bits per heavy atom. The highest BCUT2D eigenvalue weighted by Crippen LogP contribution is 2.32. The number of amides is 1. The molecule has 0 radical (unpaired) electrons. The van der Waals surface area contributed by atoms with E-state index in [2.05, 4.69) is 24.0 Å². The van der Waals surface area contributed by atoms with Crippen LogP contribution in [0.3, 0.4) is 0 Å². The number of aromatic nitrogens is 3. The summed E-state index contributed by atoms with van der Waals surface area (Å²) in [5, 5.41) is 8.15. The zero-order valence-electron chi connectivity index (χ0n) is 13.7. The second kappa shape index (κ2) is 6.67. The van der Waals surface area contributed by atoms with Gasteiger partial charge >= 0.3 is 0 Å². The first-order valence-corrected chi connectivity index (χ1v) is 8.11. The molecule has 0 saturated carbocycles. The van der Waals surface area contributed by atoms with Crippen LogP contribution in [-0.2, 0) is 6.54 Å². The van der Waals surface area contributed by atoms with Crippen molar-refractivity contribution in [3.63, 3.8) is 0 Å². The summed E-state index contributed by atoms with van der Waals surface area (Å²) in [7, 11) is 0. The fourth-order valence-corrected chi connectivity index (χ4v) is 3.15. The van der Waals surface area contributed by atoms with Crippen LogP contribution in [0, 0.1) is 17.6 Å². The van der Waals surface area contributed by atoms with Crippen LogP contribution in [0.2, 0.25) is 0 Å². The maximum Gasteiger partial charge on any atom is 0.257 e. The van der Waals surface area contributed by atoms with Gasteiger partial charge in [-0.25, -0.2) is 8.78 Å². The zero-order chi connectivity index (χ0) is 17.3. The average molecular weight is 334 g/mol. The molecule has 0 unspecified atom stereocenters. The topological polar surface area (TPSA) is 51.0 Å². The Kier molecular flexibility index (Phi) is 4.59. The van der Waals surface area contributed by atoms with Gasteiger partial charge in [-0.15, -0.1) is 10.2 Å². The lowest BCUT2D eigenvalue weighted by Gasteiger charge is -2.25. The fraction of sp³-hybridized carbons (Fsp3) is 0.471. The van der Waals surface area contributed by atoms with Crippen molar-refractivity contribution < 1.29 is 13.6 Å². The molecule has 1 aromatic carbocycles. The Labute approximate surface area is 139 Å². The minimum Gasteiger partial charge on any atom is -0.328 e. The third-order valence-electron chi connectivity index (χ3n) is 4.18. The Morgan fingerprint density at radius 3 is 2.88 bits per heavy atom. The van der Waals surface area contributed by atoms with Crippen molar-refractivity contribution in [2.24, 2.45) is 5.92 Å². The number of benzene rings is 1. The van der Waals surface area contributed by atoms with E-state index in [0.717, 1.165) is 37.3 Å². The Bertz CT molecular complexity index is 744. The van der Waals surface area contributed by atoms with Crippen molar-refractivity contribution in [1.82, 2.24) is 19.7 Å². The molecule has 24 heavy (non-hydrogen) atoms. The second-order valence-electron chi connectivity index (χ2n) is 6.52. The quantitative estimate of drug-likeness (QED) is 0.863. The van der Waals surface area contributed by atoms with E-state index in [1.807, 2.05) is 4.57 Å². The molecule has 0 N–H and O–H groups in total. The Morgan fingerprint density at radius 1 is 1.38 bits per heavy atom. The molecule has 1 aliphatic rings. The molecule has 3 rings (SSSR count). The number of hydrogen-bond donors (Lipinski definition) is 0.